The molecule has 0 amide bonds. The number of aliphatic carboxylic acids is 1. The summed E-state index contributed by atoms with van der Waals surface area (Å²) in [6.07, 6.45) is 5.08. The van der Waals surface area contributed by atoms with Crippen molar-refractivity contribution in [3.8, 4) is 11.5 Å². The monoisotopic (exact) mass is 464 g/mol. The first kappa shape index (κ1) is 21.5. The lowest BCUT2D eigenvalue weighted by Crippen LogP contribution is -2.19. The van der Waals surface area contributed by atoms with Crippen molar-refractivity contribution >= 4 is 22.8 Å². The summed E-state index contributed by atoms with van der Waals surface area (Å²) in [7, 11) is 0. The minimum Gasteiger partial charge on any atom is -0.481 e. The first-order chi connectivity index (χ1) is 15.6. The normalized spacial score (nSPS) is 26.8. The molecular formula is C21H20F4N6O2. The summed E-state index contributed by atoms with van der Waals surface area (Å²) in [6.45, 7) is 0. The Balaban J connectivity index is 0.000000190. The molecule has 4 atom stereocenters. The van der Waals surface area contributed by atoms with Crippen molar-refractivity contribution in [1.29, 1.82) is 0 Å². The van der Waals surface area contributed by atoms with Gasteiger partial charge in [0.2, 0.25) is 0 Å². The number of hydrogen-bond donors (Lipinski definition) is 3. The molecule has 33 heavy (non-hydrogen) atoms. The number of nitrogens with one attached hydrogen (secondary N) is 1. The van der Waals surface area contributed by atoms with Gasteiger partial charge < -0.3 is 10.8 Å². The Morgan fingerprint density at radius 2 is 1.97 bits per heavy atom. The number of fused-ring (bicyclic) bond motifs is 3. The van der Waals surface area contributed by atoms with E-state index in [0.717, 1.165) is 24.6 Å². The first-order valence-electron chi connectivity index (χ1n) is 10.6. The summed E-state index contributed by atoms with van der Waals surface area (Å²) in [5.41, 5.74) is 5.32. The van der Waals surface area contributed by atoms with E-state index in [4.69, 9.17) is 10.8 Å². The second kappa shape index (κ2) is 7.63. The lowest BCUT2D eigenvalue weighted by atomic mass is 9.89. The van der Waals surface area contributed by atoms with Crippen molar-refractivity contribution in [2.24, 2.45) is 17.8 Å². The number of carboxylic acid groups (broad SMARTS) is 1. The largest absolute Gasteiger partial charge is 0.481 e. The fraction of sp³-hybridized carbons (Fsp3) is 0.476. The van der Waals surface area contributed by atoms with Crippen LogP contribution >= 0.6 is 0 Å². The Bertz CT molecular complexity index is 1250. The molecule has 12 heteroatoms. The predicted octanol–water partition coefficient (Wildman–Crippen LogP) is 3.91. The number of nitrogen functional groups attached to an aromatic ring is 1. The van der Waals surface area contributed by atoms with Gasteiger partial charge in [-0.1, -0.05) is 6.42 Å². The van der Waals surface area contributed by atoms with Crippen LogP contribution < -0.4 is 5.73 Å². The Morgan fingerprint density at radius 3 is 2.55 bits per heavy atom. The van der Waals surface area contributed by atoms with Crippen LogP contribution in [0.2, 0.25) is 0 Å². The van der Waals surface area contributed by atoms with Crippen molar-refractivity contribution in [2.45, 2.75) is 43.9 Å². The zero-order chi connectivity index (χ0) is 23.5. The van der Waals surface area contributed by atoms with Crippen LogP contribution in [-0.2, 0) is 4.79 Å². The molecule has 4 unspecified atom stereocenters. The maximum absolute atomic E-state index is 14.0. The zero-order valence-corrected chi connectivity index (χ0v) is 17.2. The molecule has 3 aliphatic rings. The standard InChI is InChI=1S/C13H8F4N6.C8H12O2/c14-4-1-5-8(22-23-11(5)19-3-4)12-20-9(6-2-13(6,16)17)7(15)10(18)21-12;9-8(10)7-4-5-1-2-6(7)3-5/h1,3,6H,2H2,(H2,18,20,21)(H,19,22,23);5-7H,1-4H2,(H,9,10). The van der Waals surface area contributed by atoms with Gasteiger partial charge in [0.15, 0.2) is 23.1 Å². The molecule has 3 aromatic heterocycles. The number of anilines is 1. The van der Waals surface area contributed by atoms with Crippen LogP contribution in [0.4, 0.5) is 23.4 Å². The van der Waals surface area contributed by atoms with E-state index in [1.54, 1.807) is 0 Å². The molecule has 3 saturated carbocycles. The van der Waals surface area contributed by atoms with E-state index in [-0.39, 0.29) is 28.5 Å². The minimum atomic E-state index is -3.01. The van der Waals surface area contributed by atoms with Crippen LogP contribution in [0.25, 0.3) is 22.6 Å². The number of alkyl halides is 2. The van der Waals surface area contributed by atoms with Gasteiger partial charge in [0.25, 0.3) is 5.92 Å². The Morgan fingerprint density at radius 1 is 1.21 bits per heavy atom. The third kappa shape index (κ3) is 3.87. The van der Waals surface area contributed by atoms with Gasteiger partial charge in [0, 0.05) is 6.42 Å². The number of aromatic nitrogens is 5. The number of rotatable bonds is 3. The molecule has 4 N–H and O–H groups in total. The molecule has 0 spiro atoms. The van der Waals surface area contributed by atoms with E-state index >= 15 is 0 Å². The molecule has 0 aliphatic heterocycles. The molecule has 0 saturated heterocycles. The number of hydrogen-bond acceptors (Lipinski definition) is 6. The van der Waals surface area contributed by atoms with Gasteiger partial charge in [-0.2, -0.15) is 5.10 Å². The lowest BCUT2D eigenvalue weighted by Gasteiger charge is -2.16. The number of halogens is 4. The molecule has 6 rings (SSSR count). The third-order valence-corrected chi connectivity index (χ3v) is 6.71. The lowest BCUT2D eigenvalue weighted by molar-refractivity contribution is -0.143. The Kier molecular flexibility index (Phi) is 4.98. The Hall–Kier alpha value is -3.31. The highest BCUT2D eigenvalue weighted by Gasteiger charge is 2.60. The number of nitrogens with zero attached hydrogens (tertiary/aromatic N) is 4. The molecule has 174 valence electrons. The summed E-state index contributed by atoms with van der Waals surface area (Å²) in [6, 6.07) is 1.13. The summed E-state index contributed by atoms with van der Waals surface area (Å²) in [4.78, 5) is 21.9. The third-order valence-electron chi connectivity index (χ3n) is 6.71. The van der Waals surface area contributed by atoms with Crippen molar-refractivity contribution in [3.05, 3.63) is 29.6 Å². The molecule has 3 fully saturated rings. The second-order valence-electron chi connectivity index (χ2n) is 8.89. The number of pyridine rings is 1. The number of aromatic amines is 1. The SMILES string of the molecule is Nc1nc(-c2[nH]nc3ncc(F)cc23)nc(C2CC2(F)F)c1F.O=C(O)C1CC2CCC1C2. The van der Waals surface area contributed by atoms with Crippen LogP contribution in [0.3, 0.4) is 0 Å². The molecule has 0 radical (unpaired) electrons. The minimum absolute atomic E-state index is 0.0127. The van der Waals surface area contributed by atoms with Crippen molar-refractivity contribution in [2.75, 3.05) is 5.73 Å². The average molecular weight is 464 g/mol. The molecule has 8 nitrogen and oxygen atoms in total. The van der Waals surface area contributed by atoms with Gasteiger partial charge >= 0.3 is 5.97 Å². The predicted molar refractivity (Wildman–Crippen MR) is 108 cm³/mol. The first-order valence-corrected chi connectivity index (χ1v) is 10.6. The summed E-state index contributed by atoms with van der Waals surface area (Å²) in [5.74, 6) is -6.00. The number of carbonyl (C=O) groups is 1. The van der Waals surface area contributed by atoms with E-state index in [2.05, 4.69) is 25.1 Å². The van der Waals surface area contributed by atoms with Gasteiger partial charge in [0.05, 0.1) is 29.1 Å². The van der Waals surface area contributed by atoms with E-state index in [9.17, 15) is 22.4 Å². The fourth-order valence-corrected chi connectivity index (χ4v) is 4.93. The zero-order valence-electron chi connectivity index (χ0n) is 17.2. The topological polar surface area (TPSA) is 131 Å². The van der Waals surface area contributed by atoms with Gasteiger partial charge in [-0.25, -0.2) is 32.5 Å². The summed E-state index contributed by atoms with van der Waals surface area (Å²) < 4.78 is 53.7. The molecular weight excluding hydrogens is 444 g/mol. The number of nitrogens with two attached hydrogens (primary N) is 1. The summed E-state index contributed by atoms with van der Waals surface area (Å²) in [5, 5.41) is 15.4. The molecule has 3 aromatic rings. The quantitative estimate of drug-likeness (QED) is 0.501. The van der Waals surface area contributed by atoms with E-state index in [0.29, 0.717) is 5.92 Å². The highest BCUT2D eigenvalue weighted by atomic mass is 19.3. The fourth-order valence-electron chi connectivity index (χ4n) is 4.93. The number of H-pyrrole nitrogens is 1. The molecule has 0 aromatic carbocycles. The molecule has 2 bridgehead atoms. The maximum atomic E-state index is 14.0. The smallest absolute Gasteiger partial charge is 0.306 e. The van der Waals surface area contributed by atoms with E-state index in [1.807, 2.05) is 0 Å². The maximum Gasteiger partial charge on any atom is 0.306 e. The van der Waals surface area contributed by atoms with Crippen LogP contribution in [0.15, 0.2) is 12.3 Å². The van der Waals surface area contributed by atoms with Crippen LogP contribution in [0.5, 0.6) is 0 Å². The van der Waals surface area contributed by atoms with Crippen molar-refractivity contribution in [3.63, 3.8) is 0 Å². The van der Waals surface area contributed by atoms with Crippen LogP contribution in [0.1, 0.15) is 43.7 Å². The molecule has 3 aliphatic carbocycles. The van der Waals surface area contributed by atoms with Gasteiger partial charge in [0.1, 0.15) is 11.5 Å². The molecule has 3 heterocycles. The highest BCUT2D eigenvalue weighted by Crippen LogP contribution is 2.56. The van der Waals surface area contributed by atoms with Crippen molar-refractivity contribution < 1.29 is 27.5 Å². The van der Waals surface area contributed by atoms with Crippen LogP contribution in [0, 0.1) is 29.4 Å². The Labute approximate surface area is 184 Å². The average Bonchev–Trinajstić information content (AvgIpc) is 3.22. The van der Waals surface area contributed by atoms with E-state index < -0.39 is 47.4 Å². The highest BCUT2D eigenvalue weighted by molar-refractivity contribution is 5.88. The van der Waals surface area contributed by atoms with Crippen LogP contribution in [-0.4, -0.2) is 42.1 Å². The number of carboxylic acids is 1. The van der Waals surface area contributed by atoms with Gasteiger partial charge in [-0.05, 0) is 37.2 Å². The van der Waals surface area contributed by atoms with Gasteiger partial charge in [-0.3, -0.25) is 9.89 Å². The summed E-state index contributed by atoms with van der Waals surface area (Å²) >= 11 is 0. The van der Waals surface area contributed by atoms with Crippen molar-refractivity contribution in [1.82, 2.24) is 25.1 Å². The van der Waals surface area contributed by atoms with E-state index in [1.165, 1.54) is 19.3 Å². The second-order valence-corrected chi connectivity index (χ2v) is 8.89. The van der Waals surface area contributed by atoms with Gasteiger partial charge in [-0.15, -0.1) is 0 Å².